The molecule has 0 saturated heterocycles. The third kappa shape index (κ3) is 1.95. The maximum absolute atomic E-state index is 10.3. The van der Waals surface area contributed by atoms with Crippen molar-refractivity contribution in [1.82, 2.24) is 15.0 Å². The highest BCUT2D eigenvalue weighted by Gasteiger charge is 2.12. The Balaban J connectivity index is 2.13. The van der Waals surface area contributed by atoms with Crippen LogP contribution in [0.5, 0.6) is 0 Å². The Bertz CT molecular complexity index is 530. The van der Waals surface area contributed by atoms with Crippen molar-refractivity contribution >= 4 is 12.2 Å². The van der Waals surface area contributed by atoms with E-state index >= 15 is 0 Å². The molecule has 0 fully saturated rings. The zero-order chi connectivity index (χ0) is 11.5. The van der Waals surface area contributed by atoms with Crippen LogP contribution in [0.25, 0.3) is 0 Å². The Kier molecular flexibility index (Phi) is 2.46. The summed E-state index contributed by atoms with van der Waals surface area (Å²) in [5, 5.41) is 17.5. The standard InChI is InChI=1S/C8H6N4O4/c13-5-6-3-11(10-9-6)4-7-1-2-8(16-7)12(14)15/h1-3,5H,4H2. The lowest BCUT2D eigenvalue weighted by atomic mass is 10.4. The summed E-state index contributed by atoms with van der Waals surface area (Å²) in [5.74, 6) is 0.0415. The van der Waals surface area contributed by atoms with E-state index in [0.717, 1.165) is 0 Å². The van der Waals surface area contributed by atoms with Gasteiger partial charge in [0.05, 0.1) is 12.3 Å². The third-order valence-electron chi connectivity index (χ3n) is 1.82. The molecule has 2 heterocycles. The van der Waals surface area contributed by atoms with Gasteiger partial charge in [-0.25, -0.2) is 4.68 Å². The van der Waals surface area contributed by atoms with Gasteiger partial charge in [-0.3, -0.25) is 14.9 Å². The van der Waals surface area contributed by atoms with E-state index in [9.17, 15) is 14.9 Å². The first kappa shape index (κ1) is 10.0. The number of carbonyl (C=O) groups is 1. The summed E-state index contributed by atoms with van der Waals surface area (Å²) in [5.41, 5.74) is 0.195. The van der Waals surface area contributed by atoms with Gasteiger partial charge in [-0.2, -0.15) is 0 Å². The van der Waals surface area contributed by atoms with Gasteiger partial charge in [0, 0.05) is 0 Å². The summed E-state index contributed by atoms with van der Waals surface area (Å²) in [6.45, 7) is 0.189. The Labute approximate surface area is 88.6 Å². The fourth-order valence-electron chi connectivity index (χ4n) is 1.15. The van der Waals surface area contributed by atoms with Gasteiger partial charge in [0.2, 0.25) is 0 Å². The van der Waals surface area contributed by atoms with Crippen molar-refractivity contribution in [1.29, 1.82) is 0 Å². The number of nitro groups is 1. The molecule has 0 spiro atoms. The van der Waals surface area contributed by atoms with Crippen LogP contribution in [-0.4, -0.2) is 26.2 Å². The molecule has 0 N–H and O–H groups in total. The lowest BCUT2D eigenvalue weighted by molar-refractivity contribution is -0.402. The number of hydrogen-bond acceptors (Lipinski definition) is 6. The summed E-state index contributed by atoms with van der Waals surface area (Å²) in [4.78, 5) is 20.1. The van der Waals surface area contributed by atoms with Crippen LogP contribution >= 0.6 is 0 Å². The van der Waals surface area contributed by atoms with E-state index in [2.05, 4.69) is 10.3 Å². The van der Waals surface area contributed by atoms with E-state index in [4.69, 9.17) is 4.42 Å². The molecule has 0 amide bonds. The van der Waals surface area contributed by atoms with Gasteiger partial charge in [0.15, 0.2) is 6.29 Å². The minimum absolute atomic E-state index is 0.189. The summed E-state index contributed by atoms with van der Waals surface area (Å²) in [6.07, 6.45) is 1.98. The van der Waals surface area contributed by atoms with Gasteiger partial charge in [0.1, 0.15) is 22.9 Å². The van der Waals surface area contributed by atoms with E-state index in [0.29, 0.717) is 12.0 Å². The monoisotopic (exact) mass is 222 g/mol. The molecule has 0 atom stereocenters. The van der Waals surface area contributed by atoms with Crippen LogP contribution in [0.4, 0.5) is 5.88 Å². The van der Waals surface area contributed by atoms with Gasteiger partial charge in [-0.1, -0.05) is 5.21 Å². The molecule has 8 heteroatoms. The Morgan fingerprint density at radius 3 is 2.94 bits per heavy atom. The van der Waals surface area contributed by atoms with Crippen molar-refractivity contribution in [2.75, 3.05) is 0 Å². The molecule has 2 aromatic heterocycles. The van der Waals surface area contributed by atoms with Crippen molar-refractivity contribution in [2.24, 2.45) is 0 Å². The zero-order valence-electron chi connectivity index (χ0n) is 7.94. The van der Waals surface area contributed by atoms with Crippen LogP contribution in [-0.2, 0) is 6.54 Å². The van der Waals surface area contributed by atoms with E-state index < -0.39 is 4.92 Å². The predicted octanol–water partition coefficient (Wildman–Crippen LogP) is 0.640. The Morgan fingerprint density at radius 1 is 1.56 bits per heavy atom. The molecular formula is C8H6N4O4. The van der Waals surface area contributed by atoms with Crippen LogP contribution < -0.4 is 0 Å². The van der Waals surface area contributed by atoms with Crippen molar-refractivity contribution in [3.63, 3.8) is 0 Å². The van der Waals surface area contributed by atoms with Crippen LogP contribution in [0, 0.1) is 10.1 Å². The first-order valence-electron chi connectivity index (χ1n) is 4.27. The van der Waals surface area contributed by atoms with Gasteiger partial charge in [-0.15, -0.1) is 5.10 Å². The second kappa shape index (κ2) is 3.93. The molecule has 0 aliphatic carbocycles. The third-order valence-corrected chi connectivity index (χ3v) is 1.82. The largest absolute Gasteiger partial charge is 0.433 e. The van der Waals surface area contributed by atoms with E-state index in [1.807, 2.05) is 0 Å². The van der Waals surface area contributed by atoms with Crippen molar-refractivity contribution < 1.29 is 14.1 Å². The number of carbonyl (C=O) groups excluding carboxylic acids is 1. The topological polar surface area (TPSA) is 104 Å². The molecule has 0 unspecified atom stereocenters. The minimum Gasteiger partial charge on any atom is -0.404 e. The van der Waals surface area contributed by atoms with Crippen LogP contribution in [0.2, 0.25) is 0 Å². The van der Waals surface area contributed by atoms with E-state index in [-0.39, 0.29) is 18.1 Å². The van der Waals surface area contributed by atoms with E-state index in [1.165, 1.54) is 23.0 Å². The molecule has 2 rings (SSSR count). The number of aromatic nitrogens is 3. The molecule has 8 nitrogen and oxygen atoms in total. The quantitative estimate of drug-likeness (QED) is 0.427. The van der Waals surface area contributed by atoms with Gasteiger partial charge >= 0.3 is 5.88 Å². The number of nitrogens with zero attached hydrogens (tertiary/aromatic N) is 4. The lowest BCUT2D eigenvalue weighted by Crippen LogP contribution is -1.99. The molecule has 16 heavy (non-hydrogen) atoms. The average molecular weight is 222 g/mol. The highest BCUT2D eigenvalue weighted by Crippen LogP contribution is 2.16. The van der Waals surface area contributed by atoms with Crippen molar-refractivity contribution in [3.8, 4) is 0 Å². The minimum atomic E-state index is -0.623. The number of rotatable bonds is 4. The molecule has 0 saturated carbocycles. The molecule has 0 aliphatic rings. The fourth-order valence-corrected chi connectivity index (χ4v) is 1.15. The second-order valence-corrected chi connectivity index (χ2v) is 2.96. The highest BCUT2D eigenvalue weighted by atomic mass is 16.6. The lowest BCUT2D eigenvalue weighted by Gasteiger charge is -1.93. The predicted molar refractivity (Wildman–Crippen MR) is 49.9 cm³/mol. The molecule has 0 aromatic carbocycles. The molecular weight excluding hydrogens is 216 g/mol. The number of aldehydes is 1. The molecule has 82 valence electrons. The normalized spacial score (nSPS) is 10.2. The van der Waals surface area contributed by atoms with Crippen molar-refractivity contribution in [2.45, 2.75) is 6.54 Å². The maximum atomic E-state index is 10.3. The SMILES string of the molecule is O=Cc1cn(Cc2ccc([N+](=O)[O-])o2)nn1. The Morgan fingerprint density at radius 2 is 2.38 bits per heavy atom. The number of furan rings is 1. The Hall–Kier alpha value is -2.51. The second-order valence-electron chi connectivity index (χ2n) is 2.96. The molecule has 0 aliphatic heterocycles. The zero-order valence-corrected chi connectivity index (χ0v) is 7.94. The highest BCUT2D eigenvalue weighted by molar-refractivity contribution is 5.70. The molecule has 0 bridgehead atoms. The first-order chi connectivity index (χ1) is 7.69. The van der Waals surface area contributed by atoms with Crippen LogP contribution in [0.15, 0.2) is 22.7 Å². The fraction of sp³-hybridized carbons (Fsp3) is 0.125. The average Bonchev–Trinajstić information content (AvgIpc) is 2.87. The first-order valence-corrected chi connectivity index (χ1v) is 4.27. The maximum Gasteiger partial charge on any atom is 0.433 e. The van der Waals surface area contributed by atoms with Crippen molar-refractivity contribution in [3.05, 3.63) is 39.9 Å². The molecule has 0 radical (unpaired) electrons. The van der Waals surface area contributed by atoms with Crippen LogP contribution in [0.3, 0.4) is 0 Å². The summed E-state index contributed by atoms with van der Waals surface area (Å²) in [6, 6.07) is 2.73. The number of hydrogen-bond donors (Lipinski definition) is 0. The van der Waals surface area contributed by atoms with Gasteiger partial charge in [0.25, 0.3) is 0 Å². The summed E-state index contributed by atoms with van der Waals surface area (Å²) < 4.78 is 6.27. The van der Waals surface area contributed by atoms with Crippen LogP contribution in [0.1, 0.15) is 16.2 Å². The molecule has 2 aromatic rings. The summed E-state index contributed by atoms with van der Waals surface area (Å²) in [7, 11) is 0. The van der Waals surface area contributed by atoms with Gasteiger partial charge in [-0.05, 0) is 6.07 Å². The van der Waals surface area contributed by atoms with E-state index in [1.54, 1.807) is 0 Å². The van der Waals surface area contributed by atoms with Gasteiger partial charge < -0.3 is 4.42 Å². The summed E-state index contributed by atoms with van der Waals surface area (Å²) >= 11 is 0. The smallest absolute Gasteiger partial charge is 0.404 e.